The smallest absolute Gasteiger partial charge is 0.224 e. The van der Waals surface area contributed by atoms with E-state index in [-0.39, 0.29) is 35.7 Å². The van der Waals surface area contributed by atoms with Gasteiger partial charge in [0.25, 0.3) is 0 Å². The molecule has 0 aromatic heterocycles. The van der Waals surface area contributed by atoms with Crippen molar-refractivity contribution in [2.45, 2.75) is 44.6 Å². The van der Waals surface area contributed by atoms with Gasteiger partial charge in [-0.15, -0.1) is 12.4 Å². The summed E-state index contributed by atoms with van der Waals surface area (Å²) in [6.45, 7) is 4.36. The van der Waals surface area contributed by atoms with E-state index in [9.17, 15) is 13.6 Å². The summed E-state index contributed by atoms with van der Waals surface area (Å²) in [6, 6.07) is 3.53. The Bertz CT molecular complexity index is 527. The Morgan fingerprint density at radius 1 is 1.36 bits per heavy atom. The van der Waals surface area contributed by atoms with E-state index >= 15 is 0 Å². The topological polar surface area (TPSA) is 55.1 Å². The minimum atomic E-state index is -0.600. The monoisotopic (exact) mass is 332 g/mol. The van der Waals surface area contributed by atoms with Crippen LogP contribution in [0, 0.1) is 17.6 Å². The number of amides is 1. The third-order valence-electron chi connectivity index (χ3n) is 4.62. The van der Waals surface area contributed by atoms with Crippen LogP contribution in [-0.4, -0.2) is 18.0 Å². The normalized spacial score (nSPS) is 20.2. The largest absolute Gasteiger partial charge is 0.349 e. The maximum atomic E-state index is 13.7. The molecule has 0 saturated heterocycles. The Morgan fingerprint density at radius 3 is 2.50 bits per heavy atom. The van der Waals surface area contributed by atoms with Gasteiger partial charge in [0, 0.05) is 18.5 Å². The molecule has 124 valence electrons. The highest BCUT2D eigenvalue weighted by Crippen LogP contribution is 2.48. The molecule has 1 fully saturated rings. The average Bonchev–Trinajstić information content (AvgIpc) is 3.25. The van der Waals surface area contributed by atoms with Crippen LogP contribution in [0.15, 0.2) is 18.2 Å². The molecule has 1 aliphatic carbocycles. The van der Waals surface area contributed by atoms with Gasteiger partial charge in [-0.2, -0.15) is 0 Å². The first-order chi connectivity index (χ1) is 9.96. The van der Waals surface area contributed by atoms with Gasteiger partial charge < -0.3 is 11.1 Å². The summed E-state index contributed by atoms with van der Waals surface area (Å²) >= 11 is 0. The van der Waals surface area contributed by atoms with E-state index in [1.165, 1.54) is 12.1 Å². The molecule has 0 heterocycles. The Labute approximate surface area is 136 Å². The third-order valence-corrected chi connectivity index (χ3v) is 4.62. The number of hydrogen-bond donors (Lipinski definition) is 2. The zero-order valence-electron chi connectivity index (χ0n) is 12.9. The second kappa shape index (κ2) is 7.38. The molecule has 3 N–H and O–H groups in total. The molecule has 1 aromatic carbocycles. The zero-order chi connectivity index (χ0) is 15.6. The van der Waals surface area contributed by atoms with E-state index in [1.807, 2.05) is 13.8 Å². The van der Waals surface area contributed by atoms with Gasteiger partial charge in [-0.25, -0.2) is 8.78 Å². The van der Waals surface area contributed by atoms with Crippen LogP contribution < -0.4 is 11.1 Å². The lowest BCUT2D eigenvalue weighted by Gasteiger charge is -2.31. The SMILES string of the molecule is CCC(CC)(CN)NC(=O)C1CC1c1ccc(F)cc1F.Cl. The van der Waals surface area contributed by atoms with Crippen molar-refractivity contribution in [3.63, 3.8) is 0 Å². The molecule has 0 bridgehead atoms. The lowest BCUT2D eigenvalue weighted by atomic mass is 9.92. The van der Waals surface area contributed by atoms with Crippen LogP contribution in [0.25, 0.3) is 0 Å². The summed E-state index contributed by atoms with van der Waals surface area (Å²) in [5, 5.41) is 3.01. The molecule has 1 saturated carbocycles. The van der Waals surface area contributed by atoms with Crippen molar-refractivity contribution in [3.05, 3.63) is 35.4 Å². The lowest BCUT2D eigenvalue weighted by Crippen LogP contribution is -2.53. The fourth-order valence-electron chi connectivity index (χ4n) is 2.75. The summed E-state index contributed by atoms with van der Waals surface area (Å²) in [4.78, 5) is 12.3. The molecule has 0 spiro atoms. The summed E-state index contributed by atoms with van der Waals surface area (Å²) in [5.74, 6) is -1.66. The summed E-state index contributed by atoms with van der Waals surface area (Å²) in [7, 11) is 0. The van der Waals surface area contributed by atoms with Gasteiger partial charge in [0.15, 0.2) is 0 Å². The molecule has 3 nitrogen and oxygen atoms in total. The zero-order valence-corrected chi connectivity index (χ0v) is 13.7. The van der Waals surface area contributed by atoms with E-state index < -0.39 is 11.6 Å². The fourth-order valence-corrected chi connectivity index (χ4v) is 2.75. The van der Waals surface area contributed by atoms with Crippen LogP contribution in [0.2, 0.25) is 0 Å². The molecular weight excluding hydrogens is 310 g/mol. The lowest BCUT2D eigenvalue weighted by molar-refractivity contribution is -0.124. The van der Waals surface area contributed by atoms with E-state index in [1.54, 1.807) is 0 Å². The quantitative estimate of drug-likeness (QED) is 0.841. The number of halogens is 3. The van der Waals surface area contributed by atoms with Gasteiger partial charge in [0.1, 0.15) is 11.6 Å². The van der Waals surface area contributed by atoms with Crippen molar-refractivity contribution < 1.29 is 13.6 Å². The minimum Gasteiger partial charge on any atom is -0.349 e. The maximum Gasteiger partial charge on any atom is 0.224 e. The molecule has 22 heavy (non-hydrogen) atoms. The molecule has 1 aliphatic rings. The fraction of sp³-hybridized carbons (Fsp3) is 0.562. The number of carbonyl (C=O) groups is 1. The van der Waals surface area contributed by atoms with Gasteiger partial charge in [0.05, 0.1) is 5.54 Å². The van der Waals surface area contributed by atoms with Crippen LogP contribution >= 0.6 is 12.4 Å². The van der Waals surface area contributed by atoms with E-state index in [4.69, 9.17) is 5.73 Å². The predicted molar refractivity (Wildman–Crippen MR) is 85.0 cm³/mol. The first-order valence-corrected chi connectivity index (χ1v) is 7.43. The Morgan fingerprint density at radius 2 is 2.00 bits per heavy atom. The molecule has 0 aliphatic heterocycles. The second-order valence-electron chi connectivity index (χ2n) is 5.80. The average molecular weight is 333 g/mol. The molecule has 2 atom stereocenters. The van der Waals surface area contributed by atoms with Crippen molar-refractivity contribution in [2.75, 3.05) is 6.54 Å². The van der Waals surface area contributed by atoms with Crippen LogP contribution in [0.1, 0.15) is 44.6 Å². The Balaban J connectivity index is 0.00000242. The number of nitrogens with two attached hydrogens (primary N) is 1. The van der Waals surface area contributed by atoms with Crippen LogP contribution in [0.4, 0.5) is 8.78 Å². The number of carbonyl (C=O) groups excluding carboxylic acids is 1. The van der Waals surface area contributed by atoms with E-state index in [2.05, 4.69) is 5.32 Å². The molecule has 0 radical (unpaired) electrons. The summed E-state index contributed by atoms with van der Waals surface area (Å²) in [6.07, 6.45) is 2.12. The summed E-state index contributed by atoms with van der Waals surface area (Å²) in [5.41, 5.74) is 5.80. The van der Waals surface area contributed by atoms with Gasteiger partial charge in [-0.1, -0.05) is 19.9 Å². The van der Waals surface area contributed by atoms with E-state index in [0.29, 0.717) is 18.5 Å². The second-order valence-corrected chi connectivity index (χ2v) is 5.80. The highest BCUT2D eigenvalue weighted by Gasteiger charge is 2.46. The number of hydrogen-bond acceptors (Lipinski definition) is 2. The highest BCUT2D eigenvalue weighted by atomic mass is 35.5. The maximum absolute atomic E-state index is 13.7. The third kappa shape index (κ3) is 3.76. The molecule has 6 heteroatoms. The van der Waals surface area contributed by atoms with Gasteiger partial charge in [-0.3, -0.25) is 4.79 Å². The molecule has 2 rings (SSSR count). The predicted octanol–water partition coefficient (Wildman–Crippen LogP) is 3.12. The van der Waals surface area contributed by atoms with E-state index in [0.717, 1.165) is 18.9 Å². The highest BCUT2D eigenvalue weighted by molar-refractivity contribution is 5.85. The van der Waals surface area contributed by atoms with Crippen LogP contribution in [0.3, 0.4) is 0 Å². The van der Waals surface area contributed by atoms with Crippen molar-refractivity contribution >= 4 is 18.3 Å². The van der Waals surface area contributed by atoms with Gasteiger partial charge in [0.2, 0.25) is 5.91 Å². The Hall–Kier alpha value is -1.20. The van der Waals surface area contributed by atoms with Crippen molar-refractivity contribution in [1.29, 1.82) is 0 Å². The Kier molecular flexibility index (Phi) is 6.32. The van der Waals surface area contributed by atoms with Crippen molar-refractivity contribution in [2.24, 2.45) is 11.7 Å². The molecule has 1 amide bonds. The summed E-state index contributed by atoms with van der Waals surface area (Å²) < 4.78 is 26.6. The molecule has 1 aromatic rings. The van der Waals surface area contributed by atoms with Gasteiger partial charge in [-0.05, 0) is 36.8 Å². The van der Waals surface area contributed by atoms with Crippen LogP contribution in [0.5, 0.6) is 0 Å². The minimum absolute atomic E-state index is 0. The van der Waals surface area contributed by atoms with Crippen LogP contribution in [-0.2, 0) is 4.79 Å². The van der Waals surface area contributed by atoms with Gasteiger partial charge >= 0.3 is 0 Å². The standard InChI is InChI=1S/C16H22F2N2O.ClH/c1-3-16(4-2,9-19)20-15(21)13-8-12(13)11-6-5-10(17)7-14(11)18;/h5-7,12-13H,3-4,8-9,19H2,1-2H3,(H,20,21);1H. The number of benzene rings is 1. The number of nitrogens with one attached hydrogen (secondary N) is 1. The molecular formula is C16H23ClF2N2O. The first kappa shape index (κ1) is 18.8. The van der Waals surface area contributed by atoms with Crippen molar-refractivity contribution in [3.8, 4) is 0 Å². The molecule has 2 unspecified atom stereocenters. The van der Waals surface area contributed by atoms with Crippen molar-refractivity contribution in [1.82, 2.24) is 5.32 Å². The first-order valence-electron chi connectivity index (χ1n) is 7.43. The number of rotatable bonds is 6.